The summed E-state index contributed by atoms with van der Waals surface area (Å²) in [6.45, 7) is 2.52. The Morgan fingerprint density at radius 3 is 2.33 bits per heavy atom. The van der Waals surface area contributed by atoms with Gasteiger partial charge in [-0.2, -0.15) is 13.2 Å². The molecular weight excluding hydrogens is 643 g/mol. The van der Waals surface area contributed by atoms with Gasteiger partial charge in [-0.15, -0.1) is 0 Å². The van der Waals surface area contributed by atoms with Gasteiger partial charge < -0.3 is 15.0 Å². The average Bonchev–Trinajstić information content (AvgIpc) is 3.52. The Kier molecular flexibility index (Phi) is 11.3. The molecule has 0 heterocycles. The lowest BCUT2D eigenvalue weighted by Crippen LogP contribution is -2.53. The molecular formula is C33H37ClF3N3O5S. The van der Waals surface area contributed by atoms with E-state index in [-0.39, 0.29) is 29.8 Å². The second-order valence-electron chi connectivity index (χ2n) is 11.3. The highest BCUT2D eigenvalue weighted by Crippen LogP contribution is 2.38. The fourth-order valence-corrected chi connectivity index (χ4v) is 7.14. The van der Waals surface area contributed by atoms with Gasteiger partial charge in [0.05, 0.1) is 28.3 Å². The van der Waals surface area contributed by atoms with Crippen LogP contribution < -0.4 is 14.4 Å². The zero-order valence-electron chi connectivity index (χ0n) is 25.8. The van der Waals surface area contributed by atoms with Crippen LogP contribution in [0.1, 0.15) is 55.7 Å². The van der Waals surface area contributed by atoms with Gasteiger partial charge in [-0.1, -0.05) is 61.2 Å². The molecule has 8 nitrogen and oxygen atoms in total. The number of methoxy groups -OCH3 is 1. The molecule has 4 rings (SSSR count). The van der Waals surface area contributed by atoms with E-state index in [9.17, 15) is 31.2 Å². The first-order valence-corrected chi connectivity index (χ1v) is 16.7. The number of rotatable bonds is 12. The van der Waals surface area contributed by atoms with Crippen molar-refractivity contribution >= 4 is 39.1 Å². The third kappa shape index (κ3) is 8.33. The number of nitrogens with one attached hydrogen (secondary N) is 1. The van der Waals surface area contributed by atoms with E-state index in [2.05, 4.69) is 5.32 Å². The summed E-state index contributed by atoms with van der Waals surface area (Å²) in [5.41, 5.74) is -0.288. The standard InChI is InChI=1S/C33H37ClF3N3O5S/c1-4-30(32(42)38-24-9-5-6-10-24)39(20-23-8-7-11-26(18-23)45-3)31(41)21-40(46(43,44)27-15-12-22(2)13-16-27)25-14-17-29(34)28(19-25)33(35,36)37/h7-8,11-19,24,30H,4-6,9-10,20-21H2,1-3H3,(H,38,42). The van der Waals surface area contributed by atoms with Gasteiger partial charge >= 0.3 is 6.18 Å². The summed E-state index contributed by atoms with van der Waals surface area (Å²) in [5.74, 6) is -0.655. The lowest BCUT2D eigenvalue weighted by Gasteiger charge is -2.34. The molecule has 1 saturated carbocycles. The Bertz CT molecular complexity index is 1640. The highest BCUT2D eigenvalue weighted by Gasteiger charge is 2.37. The Balaban J connectivity index is 1.79. The average molecular weight is 680 g/mol. The normalized spacial score (nSPS) is 14.5. The monoisotopic (exact) mass is 679 g/mol. The number of sulfonamides is 1. The highest BCUT2D eigenvalue weighted by atomic mass is 35.5. The molecule has 3 aromatic carbocycles. The number of halogens is 4. The van der Waals surface area contributed by atoms with Gasteiger partial charge in [0.15, 0.2) is 0 Å². The summed E-state index contributed by atoms with van der Waals surface area (Å²) in [7, 11) is -3.09. The molecule has 0 aliphatic heterocycles. The Hall–Kier alpha value is -3.77. The maximum atomic E-state index is 14.3. The Morgan fingerprint density at radius 1 is 1.04 bits per heavy atom. The summed E-state index contributed by atoms with van der Waals surface area (Å²) in [6.07, 6.45) is -1.11. The van der Waals surface area contributed by atoms with Crippen molar-refractivity contribution in [2.24, 2.45) is 0 Å². The number of amides is 2. The van der Waals surface area contributed by atoms with Crippen molar-refractivity contribution in [2.45, 2.75) is 75.7 Å². The smallest absolute Gasteiger partial charge is 0.417 e. The van der Waals surface area contributed by atoms with Crippen molar-refractivity contribution in [1.82, 2.24) is 10.2 Å². The van der Waals surface area contributed by atoms with E-state index in [1.165, 1.54) is 24.1 Å². The van der Waals surface area contributed by atoms with Crippen molar-refractivity contribution in [1.29, 1.82) is 0 Å². The maximum absolute atomic E-state index is 14.3. The lowest BCUT2D eigenvalue weighted by molar-refractivity contribution is -0.140. The van der Waals surface area contributed by atoms with Crippen LogP contribution >= 0.6 is 11.6 Å². The SMILES string of the molecule is CCC(C(=O)NC1CCCC1)N(Cc1cccc(OC)c1)C(=O)CN(c1ccc(Cl)c(C(F)(F)F)c1)S(=O)(=O)c1ccc(C)cc1. The molecule has 1 unspecified atom stereocenters. The van der Waals surface area contributed by atoms with Gasteiger partial charge in [-0.3, -0.25) is 13.9 Å². The molecule has 1 fully saturated rings. The minimum absolute atomic E-state index is 0.0383. The van der Waals surface area contributed by atoms with Crippen LogP contribution in [0.15, 0.2) is 71.6 Å². The van der Waals surface area contributed by atoms with Gasteiger partial charge in [-0.25, -0.2) is 8.42 Å². The van der Waals surface area contributed by atoms with E-state index in [1.54, 1.807) is 50.2 Å². The van der Waals surface area contributed by atoms with Gasteiger partial charge in [0.25, 0.3) is 10.0 Å². The minimum atomic E-state index is -4.89. The fourth-order valence-electron chi connectivity index (χ4n) is 5.51. The summed E-state index contributed by atoms with van der Waals surface area (Å²) >= 11 is 5.85. The molecule has 3 aromatic rings. The van der Waals surface area contributed by atoms with Gasteiger partial charge in [0.1, 0.15) is 18.3 Å². The number of hydrogen-bond acceptors (Lipinski definition) is 5. The van der Waals surface area contributed by atoms with Crippen molar-refractivity contribution < 1.29 is 35.9 Å². The maximum Gasteiger partial charge on any atom is 0.417 e. The summed E-state index contributed by atoms with van der Waals surface area (Å²) in [4.78, 5) is 28.9. The van der Waals surface area contributed by atoms with Crippen LogP contribution in [0, 0.1) is 6.92 Å². The molecule has 0 radical (unpaired) electrons. The molecule has 46 heavy (non-hydrogen) atoms. The van der Waals surface area contributed by atoms with Crippen LogP contribution in [0.2, 0.25) is 5.02 Å². The second-order valence-corrected chi connectivity index (χ2v) is 13.5. The third-order valence-electron chi connectivity index (χ3n) is 8.01. The Morgan fingerprint density at radius 2 is 1.72 bits per heavy atom. The van der Waals surface area contributed by atoms with E-state index < -0.39 is 51.0 Å². The van der Waals surface area contributed by atoms with E-state index in [4.69, 9.17) is 16.3 Å². The molecule has 0 saturated heterocycles. The zero-order valence-corrected chi connectivity index (χ0v) is 27.4. The van der Waals surface area contributed by atoms with Crippen molar-refractivity contribution in [3.63, 3.8) is 0 Å². The van der Waals surface area contributed by atoms with Crippen LogP contribution in [0.4, 0.5) is 18.9 Å². The molecule has 1 aliphatic carbocycles. The number of carbonyl (C=O) groups excluding carboxylic acids is 2. The number of aryl methyl sites for hydroxylation is 1. The largest absolute Gasteiger partial charge is 0.497 e. The number of hydrogen-bond donors (Lipinski definition) is 1. The van der Waals surface area contributed by atoms with Crippen LogP contribution in [0.5, 0.6) is 5.75 Å². The number of anilines is 1. The summed E-state index contributed by atoms with van der Waals surface area (Å²) in [5, 5.41) is 2.40. The summed E-state index contributed by atoms with van der Waals surface area (Å²) < 4.78 is 75.7. The number of benzene rings is 3. The topological polar surface area (TPSA) is 96.0 Å². The first-order chi connectivity index (χ1) is 21.7. The van der Waals surface area contributed by atoms with Crippen LogP contribution in [-0.4, -0.2) is 50.9 Å². The highest BCUT2D eigenvalue weighted by molar-refractivity contribution is 7.92. The predicted octanol–water partition coefficient (Wildman–Crippen LogP) is 6.74. The van der Waals surface area contributed by atoms with E-state index in [0.29, 0.717) is 21.7 Å². The molecule has 0 aromatic heterocycles. The van der Waals surface area contributed by atoms with Crippen molar-refractivity contribution in [3.05, 3.63) is 88.4 Å². The third-order valence-corrected chi connectivity index (χ3v) is 10.1. The molecule has 1 atom stereocenters. The second kappa shape index (κ2) is 14.8. The molecule has 13 heteroatoms. The Labute approximate surface area is 272 Å². The van der Waals surface area contributed by atoms with E-state index in [0.717, 1.165) is 43.4 Å². The lowest BCUT2D eigenvalue weighted by atomic mass is 10.1. The number of nitrogens with zero attached hydrogens (tertiary/aromatic N) is 2. The van der Waals surface area contributed by atoms with E-state index in [1.807, 2.05) is 0 Å². The van der Waals surface area contributed by atoms with Crippen molar-refractivity contribution in [3.8, 4) is 5.75 Å². The molecule has 0 bridgehead atoms. The first-order valence-electron chi connectivity index (χ1n) is 14.9. The van der Waals surface area contributed by atoms with Gasteiger partial charge in [-0.05, 0) is 74.2 Å². The molecule has 248 valence electrons. The number of ether oxygens (including phenoxy) is 1. The van der Waals surface area contributed by atoms with Gasteiger partial charge in [0.2, 0.25) is 11.8 Å². The molecule has 1 N–H and O–H groups in total. The van der Waals surface area contributed by atoms with Gasteiger partial charge in [0, 0.05) is 12.6 Å². The van der Waals surface area contributed by atoms with Crippen LogP contribution in [0.25, 0.3) is 0 Å². The molecule has 2 amide bonds. The quantitative estimate of drug-likeness (QED) is 0.229. The minimum Gasteiger partial charge on any atom is -0.497 e. The summed E-state index contributed by atoms with van der Waals surface area (Å²) in [6, 6.07) is 14.2. The fraction of sp³-hybridized carbons (Fsp3) is 0.394. The zero-order chi connectivity index (χ0) is 33.6. The van der Waals surface area contributed by atoms with Crippen LogP contribution in [0.3, 0.4) is 0 Å². The number of carbonyl (C=O) groups is 2. The molecule has 0 spiro atoms. The first kappa shape index (κ1) is 35.1. The predicted molar refractivity (Wildman–Crippen MR) is 170 cm³/mol. The van der Waals surface area contributed by atoms with Crippen molar-refractivity contribution in [2.75, 3.05) is 18.0 Å². The molecule has 1 aliphatic rings. The number of alkyl halides is 3. The van der Waals surface area contributed by atoms with E-state index >= 15 is 0 Å². The van der Waals surface area contributed by atoms with Crippen LogP contribution in [-0.2, 0) is 32.3 Å².